The third-order valence-corrected chi connectivity index (χ3v) is 2.88. The highest BCUT2D eigenvalue weighted by Crippen LogP contribution is 2.29. The molecule has 2 nitrogen and oxygen atoms in total. The van der Waals surface area contributed by atoms with Crippen molar-refractivity contribution < 1.29 is 13.9 Å². The van der Waals surface area contributed by atoms with Gasteiger partial charge in [0.25, 0.3) is 6.43 Å². The second-order valence-corrected chi connectivity index (χ2v) is 6.04. The number of hydrogen-bond donors (Lipinski definition) is 2. The van der Waals surface area contributed by atoms with Crippen molar-refractivity contribution in [3.8, 4) is 0 Å². The van der Waals surface area contributed by atoms with E-state index >= 15 is 0 Å². The van der Waals surface area contributed by atoms with Crippen LogP contribution in [0.25, 0.3) is 0 Å². The summed E-state index contributed by atoms with van der Waals surface area (Å²) in [6.45, 7) is 6.21. The summed E-state index contributed by atoms with van der Waals surface area (Å²) in [5.74, 6) is 0. The van der Waals surface area contributed by atoms with Gasteiger partial charge in [0.05, 0.1) is 0 Å². The lowest BCUT2D eigenvalue weighted by Crippen LogP contribution is -2.35. The maximum atomic E-state index is 12.3. The van der Waals surface area contributed by atoms with Crippen molar-refractivity contribution in [2.75, 3.05) is 6.54 Å². The molecule has 2 unspecified atom stereocenters. The Labute approximate surface area is 113 Å². The molecule has 1 aromatic rings. The summed E-state index contributed by atoms with van der Waals surface area (Å²) < 4.78 is 24.7. The largest absolute Gasteiger partial charge is 0.386 e. The van der Waals surface area contributed by atoms with Crippen LogP contribution in [0.3, 0.4) is 0 Å². The molecule has 0 aliphatic heterocycles. The van der Waals surface area contributed by atoms with Gasteiger partial charge in [0.2, 0.25) is 0 Å². The van der Waals surface area contributed by atoms with E-state index in [0.717, 1.165) is 12.0 Å². The molecule has 2 N–H and O–H groups in total. The standard InChI is InChI=1S/C15H23F2NO/c1-15(2,3)9-12(11-7-5-4-6-8-11)18-10-13(19)14(16)17/h4-8,12-14,18-19H,9-10H2,1-3H3. The average Bonchev–Trinajstić information content (AvgIpc) is 2.33. The highest BCUT2D eigenvalue weighted by Gasteiger charge is 2.23. The molecule has 1 aromatic carbocycles. The Morgan fingerprint density at radius 2 is 1.74 bits per heavy atom. The van der Waals surface area contributed by atoms with Crippen LogP contribution >= 0.6 is 0 Å². The van der Waals surface area contributed by atoms with Gasteiger partial charge in [-0.3, -0.25) is 0 Å². The fraction of sp³-hybridized carbons (Fsp3) is 0.600. The van der Waals surface area contributed by atoms with E-state index in [4.69, 9.17) is 0 Å². The Morgan fingerprint density at radius 3 is 2.21 bits per heavy atom. The molecule has 19 heavy (non-hydrogen) atoms. The van der Waals surface area contributed by atoms with Gasteiger partial charge < -0.3 is 10.4 Å². The Bertz CT molecular complexity index is 362. The second kappa shape index (κ2) is 6.96. The monoisotopic (exact) mass is 271 g/mol. The molecule has 0 fully saturated rings. The Balaban J connectivity index is 2.71. The summed E-state index contributed by atoms with van der Waals surface area (Å²) in [6, 6.07) is 9.68. The summed E-state index contributed by atoms with van der Waals surface area (Å²) >= 11 is 0. The molecule has 108 valence electrons. The number of alkyl halides is 2. The molecule has 1 rings (SSSR count). The van der Waals surface area contributed by atoms with Crippen LogP contribution in [0.2, 0.25) is 0 Å². The van der Waals surface area contributed by atoms with Crippen molar-refractivity contribution in [1.29, 1.82) is 0 Å². The lowest BCUT2D eigenvalue weighted by atomic mass is 9.85. The highest BCUT2D eigenvalue weighted by atomic mass is 19.3. The van der Waals surface area contributed by atoms with Gasteiger partial charge in [-0.2, -0.15) is 0 Å². The van der Waals surface area contributed by atoms with E-state index in [1.54, 1.807) is 0 Å². The first-order valence-electron chi connectivity index (χ1n) is 6.54. The van der Waals surface area contributed by atoms with Crippen LogP contribution < -0.4 is 5.32 Å². The molecule has 0 radical (unpaired) electrons. The minimum Gasteiger partial charge on any atom is -0.386 e. The van der Waals surface area contributed by atoms with Crippen LogP contribution in [0.1, 0.15) is 38.8 Å². The van der Waals surface area contributed by atoms with Gasteiger partial charge in [0.15, 0.2) is 0 Å². The van der Waals surface area contributed by atoms with Crippen molar-refractivity contribution in [1.82, 2.24) is 5.32 Å². The van der Waals surface area contributed by atoms with Crippen LogP contribution in [0.15, 0.2) is 30.3 Å². The molecule has 0 aliphatic carbocycles. The average molecular weight is 271 g/mol. The van der Waals surface area contributed by atoms with E-state index < -0.39 is 12.5 Å². The number of rotatable bonds is 6. The third-order valence-electron chi connectivity index (χ3n) is 2.88. The minimum atomic E-state index is -2.71. The van der Waals surface area contributed by atoms with Crippen molar-refractivity contribution >= 4 is 0 Å². The maximum Gasteiger partial charge on any atom is 0.265 e. The maximum absolute atomic E-state index is 12.3. The van der Waals surface area contributed by atoms with E-state index in [1.807, 2.05) is 30.3 Å². The Hall–Kier alpha value is -1.00. The normalized spacial score (nSPS) is 15.5. The molecule has 4 heteroatoms. The quantitative estimate of drug-likeness (QED) is 0.831. The summed E-state index contributed by atoms with van der Waals surface area (Å²) in [5, 5.41) is 12.3. The predicted molar refractivity (Wildman–Crippen MR) is 73.3 cm³/mol. The summed E-state index contributed by atoms with van der Waals surface area (Å²) in [7, 11) is 0. The smallest absolute Gasteiger partial charge is 0.265 e. The summed E-state index contributed by atoms with van der Waals surface area (Å²) in [4.78, 5) is 0. The van der Waals surface area contributed by atoms with E-state index in [1.165, 1.54) is 0 Å². The van der Waals surface area contributed by atoms with E-state index in [0.29, 0.717) is 0 Å². The molecule has 0 saturated carbocycles. The van der Waals surface area contributed by atoms with Gasteiger partial charge in [-0.05, 0) is 17.4 Å². The van der Waals surface area contributed by atoms with Crippen molar-refractivity contribution in [2.24, 2.45) is 5.41 Å². The van der Waals surface area contributed by atoms with Crippen LogP contribution in [0, 0.1) is 5.41 Å². The number of halogens is 2. The predicted octanol–water partition coefficient (Wildman–Crippen LogP) is 3.38. The molecular formula is C15H23F2NO. The van der Waals surface area contributed by atoms with Crippen molar-refractivity contribution in [2.45, 2.75) is 45.8 Å². The van der Waals surface area contributed by atoms with Gasteiger partial charge in [0.1, 0.15) is 6.10 Å². The minimum absolute atomic E-state index is 0.0328. The van der Waals surface area contributed by atoms with Gasteiger partial charge in [-0.15, -0.1) is 0 Å². The first kappa shape index (κ1) is 16.1. The first-order chi connectivity index (χ1) is 8.79. The van der Waals surface area contributed by atoms with Crippen molar-refractivity contribution in [3.05, 3.63) is 35.9 Å². The second-order valence-electron chi connectivity index (χ2n) is 6.04. The van der Waals surface area contributed by atoms with E-state index in [2.05, 4.69) is 26.1 Å². The van der Waals surface area contributed by atoms with Crippen LogP contribution in [0.4, 0.5) is 8.78 Å². The van der Waals surface area contributed by atoms with E-state index in [9.17, 15) is 13.9 Å². The number of hydrogen-bond acceptors (Lipinski definition) is 2. The molecule has 0 heterocycles. The molecule has 0 spiro atoms. The number of benzene rings is 1. The Morgan fingerprint density at radius 1 is 1.16 bits per heavy atom. The molecular weight excluding hydrogens is 248 g/mol. The molecule has 0 aliphatic rings. The zero-order valence-corrected chi connectivity index (χ0v) is 11.7. The number of aliphatic hydroxyl groups is 1. The summed E-state index contributed by atoms with van der Waals surface area (Å²) in [6.07, 6.45) is -3.52. The third kappa shape index (κ3) is 6.12. The van der Waals surface area contributed by atoms with Crippen LogP contribution in [-0.4, -0.2) is 24.2 Å². The van der Waals surface area contributed by atoms with Gasteiger partial charge in [-0.1, -0.05) is 51.1 Å². The van der Waals surface area contributed by atoms with Crippen molar-refractivity contribution in [3.63, 3.8) is 0 Å². The first-order valence-corrected chi connectivity index (χ1v) is 6.54. The van der Waals surface area contributed by atoms with Gasteiger partial charge in [0, 0.05) is 12.6 Å². The van der Waals surface area contributed by atoms with E-state index in [-0.39, 0.29) is 18.0 Å². The highest BCUT2D eigenvalue weighted by molar-refractivity contribution is 5.19. The molecule has 0 bridgehead atoms. The van der Waals surface area contributed by atoms with Crippen LogP contribution in [0.5, 0.6) is 0 Å². The topological polar surface area (TPSA) is 32.3 Å². The number of aliphatic hydroxyl groups excluding tert-OH is 1. The van der Waals surface area contributed by atoms with Crippen LogP contribution in [-0.2, 0) is 0 Å². The molecule has 2 atom stereocenters. The molecule has 0 aromatic heterocycles. The lowest BCUT2D eigenvalue weighted by molar-refractivity contribution is -0.00526. The Kier molecular flexibility index (Phi) is 5.88. The molecule has 0 saturated heterocycles. The fourth-order valence-corrected chi connectivity index (χ4v) is 1.96. The summed E-state index contributed by atoms with van der Waals surface area (Å²) in [5.41, 5.74) is 1.13. The molecule has 0 amide bonds. The van der Waals surface area contributed by atoms with Gasteiger partial charge in [-0.25, -0.2) is 8.78 Å². The SMILES string of the molecule is CC(C)(C)CC(NCC(O)C(F)F)c1ccccc1. The number of nitrogens with one attached hydrogen (secondary N) is 1. The van der Waals surface area contributed by atoms with Gasteiger partial charge >= 0.3 is 0 Å². The fourth-order valence-electron chi connectivity index (χ4n) is 1.96. The lowest BCUT2D eigenvalue weighted by Gasteiger charge is -2.28. The zero-order valence-electron chi connectivity index (χ0n) is 11.7. The zero-order chi connectivity index (χ0) is 14.5.